The first-order valence-electron chi connectivity index (χ1n) is 9.66. The van der Waals surface area contributed by atoms with Crippen LogP contribution in [0.3, 0.4) is 0 Å². The topological polar surface area (TPSA) is 111 Å². The number of halogens is 2. The molecule has 3 aromatic rings. The van der Waals surface area contributed by atoms with E-state index in [4.69, 9.17) is 32.7 Å². The van der Waals surface area contributed by atoms with E-state index in [0.29, 0.717) is 17.2 Å². The lowest BCUT2D eigenvalue weighted by atomic mass is 10.1. The molecule has 0 radical (unpaired) electrons. The number of hydrogen-bond donors (Lipinski definition) is 2. The second-order valence-electron chi connectivity index (χ2n) is 7.12. The van der Waals surface area contributed by atoms with Crippen LogP contribution in [0, 0.1) is 0 Å². The van der Waals surface area contributed by atoms with Crippen LogP contribution in [-0.2, 0) is 9.84 Å². The molecule has 0 aromatic heterocycles. The van der Waals surface area contributed by atoms with Crippen LogP contribution in [0.5, 0.6) is 11.5 Å². The largest absolute Gasteiger partial charge is 0.497 e. The van der Waals surface area contributed by atoms with Gasteiger partial charge in [0, 0.05) is 23.6 Å². The van der Waals surface area contributed by atoms with Gasteiger partial charge in [0.05, 0.1) is 40.4 Å². The Bertz CT molecular complexity index is 1350. The Kier molecular flexibility index (Phi) is 7.71. The first-order chi connectivity index (χ1) is 16.0. The Labute approximate surface area is 206 Å². The van der Waals surface area contributed by atoms with Crippen molar-refractivity contribution in [2.75, 3.05) is 31.1 Å². The molecule has 0 unspecified atom stereocenters. The first kappa shape index (κ1) is 25.4. The number of carbonyl (C=O) groups excluding carboxylic acids is 2. The Morgan fingerprint density at radius 2 is 1.44 bits per heavy atom. The Morgan fingerprint density at radius 3 is 2.00 bits per heavy atom. The number of anilines is 2. The Balaban J connectivity index is 1.82. The molecule has 0 atom stereocenters. The summed E-state index contributed by atoms with van der Waals surface area (Å²) in [6.45, 7) is 0. The number of sulfone groups is 1. The van der Waals surface area contributed by atoms with Gasteiger partial charge in [-0.2, -0.15) is 0 Å². The van der Waals surface area contributed by atoms with E-state index in [1.807, 2.05) is 0 Å². The molecule has 2 amide bonds. The first-order valence-corrected chi connectivity index (χ1v) is 12.3. The van der Waals surface area contributed by atoms with Gasteiger partial charge in [0.2, 0.25) is 0 Å². The maximum absolute atomic E-state index is 12.8. The maximum Gasteiger partial charge on any atom is 0.257 e. The molecule has 3 aromatic carbocycles. The van der Waals surface area contributed by atoms with Gasteiger partial charge in [0.1, 0.15) is 11.5 Å². The van der Waals surface area contributed by atoms with Crippen molar-refractivity contribution in [1.82, 2.24) is 0 Å². The molecule has 0 saturated carbocycles. The molecule has 2 N–H and O–H groups in total. The molecule has 8 nitrogen and oxygen atoms in total. The standard InChI is InChI=1S/C23H20Cl2N2O6S/c1-32-15-8-13(9-16(11-15)33-2)22(28)27-21-10-14(4-7-19(21)24)26-23(29)18-6-5-17(12-20(18)25)34(3,30)31/h4-12H,1-3H3,(H,26,29)(H,27,28). The summed E-state index contributed by atoms with van der Waals surface area (Å²) in [5, 5.41) is 5.57. The predicted molar refractivity (Wildman–Crippen MR) is 131 cm³/mol. The second-order valence-corrected chi connectivity index (χ2v) is 9.95. The molecule has 0 aliphatic heterocycles. The molecular weight excluding hydrogens is 503 g/mol. The Morgan fingerprint density at radius 1 is 0.794 bits per heavy atom. The van der Waals surface area contributed by atoms with Crippen LogP contribution in [0.1, 0.15) is 20.7 Å². The fraction of sp³-hybridized carbons (Fsp3) is 0.130. The van der Waals surface area contributed by atoms with Crippen LogP contribution >= 0.6 is 23.2 Å². The highest BCUT2D eigenvalue weighted by Crippen LogP contribution is 2.29. The van der Waals surface area contributed by atoms with Gasteiger partial charge in [-0.05, 0) is 48.5 Å². The number of amides is 2. The van der Waals surface area contributed by atoms with Crippen molar-refractivity contribution >= 4 is 56.2 Å². The summed E-state index contributed by atoms with van der Waals surface area (Å²) >= 11 is 12.3. The average molecular weight is 523 g/mol. The zero-order chi connectivity index (χ0) is 25.0. The van der Waals surface area contributed by atoms with Crippen LogP contribution in [-0.4, -0.2) is 40.7 Å². The molecule has 11 heteroatoms. The quantitative estimate of drug-likeness (QED) is 0.455. The second kappa shape index (κ2) is 10.3. The van der Waals surface area contributed by atoms with Gasteiger partial charge in [-0.15, -0.1) is 0 Å². The lowest BCUT2D eigenvalue weighted by Crippen LogP contribution is -2.15. The number of carbonyl (C=O) groups is 2. The van der Waals surface area contributed by atoms with E-state index in [1.165, 1.54) is 44.6 Å². The van der Waals surface area contributed by atoms with Gasteiger partial charge in [0.25, 0.3) is 11.8 Å². The summed E-state index contributed by atoms with van der Waals surface area (Å²) in [5.74, 6) is -0.157. The van der Waals surface area contributed by atoms with Crippen LogP contribution in [0.4, 0.5) is 11.4 Å². The number of nitrogens with one attached hydrogen (secondary N) is 2. The number of methoxy groups -OCH3 is 2. The minimum Gasteiger partial charge on any atom is -0.497 e. The molecule has 0 aliphatic rings. The third-order valence-electron chi connectivity index (χ3n) is 4.70. The summed E-state index contributed by atoms with van der Waals surface area (Å²) in [7, 11) is -0.522. The van der Waals surface area contributed by atoms with Gasteiger partial charge in [0.15, 0.2) is 9.84 Å². The van der Waals surface area contributed by atoms with E-state index >= 15 is 0 Å². The van der Waals surface area contributed by atoms with E-state index in [2.05, 4.69) is 10.6 Å². The van der Waals surface area contributed by atoms with Gasteiger partial charge >= 0.3 is 0 Å². The van der Waals surface area contributed by atoms with Crippen molar-refractivity contribution in [3.8, 4) is 11.5 Å². The molecule has 0 fully saturated rings. The monoisotopic (exact) mass is 522 g/mol. The summed E-state index contributed by atoms with van der Waals surface area (Å²) < 4.78 is 33.7. The van der Waals surface area contributed by atoms with Gasteiger partial charge < -0.3 is 20.1 Å². The SMILES string of the molecule is COc1cc(OC)cc(C(=O)Nc2cc(NC(=O)c3ccc(S(C)(=O)=O)cc3Cl)ccc2Cl)c1. The van der Waals surface area contributed by atoms with Crippen molar-refractivity contribution < 1.29 is 27.5 Å². The van der Waals surface area contributed by atoms with Crippen molar-refractivity contribution in [3.05, 3.63) is 75.8 Å². The molecule has 0 heterocycles. The zero-order valence-corrected chi connectivity index (χ0v) is 20.6. The summed E-state index contributed by atoms with van der Waals surface area (Å²) in [6.07, 6.45) is 1.05. The molecule has 0 aliphatic carbocycles. The Hall–Kier alpha value is -3.27. The third kappa shape index (κ3) is 5.99. The highest BCUT2D eigenvalue weighted by Gasteiger charge is 2.17. The van der Waals surface area contributed by atoms with Crippen LogP contribution < -0.4 is 20.1 Å². The highest BCUT2D eigenvalue weighted by molar-refractivity contribution is 7.90. The number of hydrogen-bond acceptors (Lipinski definition) is 6. The fourth-order valence-electron chi connectivity index (χ4n) is 2.94. The fourth-order valence-corrected chi connectivity index (χ4v) is 4.08. The molecule has 178 valence electrons. The van der Waals surface area contributed by atoms with E-state index in [-0.39, 0.29) is 31.8 Å². The average Bonchev–Trinajstić information content (AvgIpc) is 2.79. The minimum atomic E-state index is -3.47. The van der Waals surface area contributed by atoms with Crippen molar-refractivity contribution in [2.24, 2.45) is 0 Å². The molecular formula is C23H20Cl2N2O6S. The van der Waals surface area contributed by atoms with Gasteiger partial charge in [-0.1, -0.05) is 23.2 Å². The van der Waals surface area contributed by atoms with Gasteiger partial charge in [-0.3, -0.25) is 9.59 Å². The minimum absolute atomic E-state index is 0.000264. The van der Waals surface area contributed by atoms with Crippen LogP contribution in [0.25, 0.3) is 0 Å². The smallest absolute Gasteiger partial charge is 0.257 e. The lowest BCUT2D eigenvalue weighted by Gasteiger charge is -2.13. The number of rotatable bonds is 7. The van der Waals surface area contributed by atoms with Crippen LogP contribution in [0.15, 0.2) is 59.5 Å². The molecule has 34 heavy (non-hydrogen) atoms. The molecule has 0 bridgehead atoms. The number of ether oxygens (including phenoxy) is 2. The molecule has 3 rings (SSSR count). The van der Waals surface area contributed by atoms with E-state index in [9.17, 15) is 18.0 Å². The van der Waals surface area contributed by atoms with Gasteiger partial charge in [-0.25, -0.2) is 8.42 Å². The predicted octanol–water partition coefficient (Wildman–Crippen LogP) is 4.92. The highest BCUT2D eigenvalue weighted by atomic mass is 35.5. The summed E-state index contributed by atoms with van der Waals surface area (Å²) in [5.41, 5.74) is 0.943. The van der Waals surface area contributed by atoms with E-state index < -0.39 is 21.7 Å². The van der Waals surface area contributed by atoms with Crippen molar-refractivity contribution in [2.45, 2.75) is 4.90 Å². The van der Waals surface area contributed by atoms with E-state index in [0.717, 1.165) is 6.26 Å². The number of benzene rings is 3. The summed E-state index contributed by atoms with van der Waals surface area (Å²) in [6, 6.07) is 13.1. The zero-order valence-electron chi connectivity index (χ0n) is 18.3. The van der Waals surface area contributed by atoms with Crippen LogP contribution in [0.2, 0.25) is 10.0 Å². The maximum atomic E-state index is 12.8. The lowest BCUT2D eigenvalue weighted by molar-refractivity contribution is 0.101. The van der Waals surface area contributed by atoms with Crippen molar-refractivity contribution in [1.29, 1.82) is 0 Å². The van der Waals surface area contributed by atoms with E-state index in [1.54, 1.807) is 24.3 Å². The molecule has 0 spiro atoms. The third-order valence-corrected chi connectivity index (χ3v) is 6.45. The molecule has 0 saturated heterocycles. The van der Waals surface area contributed by atoms with Crippen molar-refractivity contribution in [3.63, 3.8) is 0 Å². The summed E-state index contributed by atoms with van der Waals surface area (Å²) in [4.78, 5) is 25.5. The normalized spacial score (nSPS) is 11.0.